The fourth-order valence-corrected chi connectivity index (χ4v) is 2.87. The molecule has 1 N–H and O–H groups in total. The minimum Gasteiger partial charge on any atom is -0.481 e. The molecule has 104 valence electrons. The van der Waals surface area contributed by atoms with Crippen LogP contribution in [0.5, 0.6) is 0 Å². The zero-order chi connectivity index (χ0) is 14.7. The van der Waals surface area contributed by atoms with E-state index in [9.17, 15) is 9.90 Å². The van der Waals surface area contributed by atoms with Gasteiger partial charge in [0.1, 0.15) is 0 Å². The third-order valence-corrected chi connectivity index (χ3v) is 4.46. The van der Waals surface area contributed by atoms with Crippen LogP contribution in [0.25, 0.3) is 0 Å². The fourth-order valence-electron chi connectivity index (χ4n) is 1.99. The minimum atomic E-state index is -0.872. The Bertz CT molecular complexity index is 644. The Morgan fingerprint density at radius 2 is 1.85 bits per heavy atom. The Balaban J connectivity index is 2.33. The van der Waals surface area contributed by atoms with Crippen molar-refractivity contribution in [2.45, 2.75) is 12.3 Å². The summed E-state index contributed by atoms with van der Waals surface area (Å²) in [5.74, 6) is -1.51. The minimum absolute atomic E-state index is 0.356. The number of aliphatic carboxylic acids is 1. The maximum Gasteiger partial charge on any atom is 0.311 e. The molecule has 0 aromatic heterocycles. The molecule has 0 bridgehead atoms. The number of hydrogen-bond acceptors (Lipinski definition) is 1. The standard InChI is InChI=1S/C15H11BrCl2O2/c16-12-4-2-1-3-10(12)11(15(19)20)7-9-5-6-13(17)14(18)8-9/h1-6,8,11H,7H2,(H,19,20). The van der Waals surface area contributed by atoms with E-state index < -0.39 is 11.9 Å². The average molecular weight is 374 g/mol. The molecule has 0 saturated heterocycles. The Morgan fingerprint density at radius 3 is 2.45 bits per heavy atom. The second kappa shape index (κ2) is 6.61. The fraction of sp³-hybridized carbons (Fsp3) is 0.133. The van der Waals surface area contributed by atoms with E-state index in [1.54, 1.807) is 24.3 Å². The van der Waals surface area contributed by atoms with Gasteiger partial charge in [0.05, 0.1) is 16.0 Å². The molecule has 2 aromatic carbocycles. The Kier molecular flexibility index (Phi) is 5.08. The van der Waals surface area contributed by atoms with Crippen molar-refractivity contribution in [3.05, 3.63) is 68.1 Å². The molecule has 0 saturated carbocycles. The first kappa shape index (κ1) is 15.4. The molecule has 0 amide bonds. The van der Waals surface area contributed by atoms with Gasteiger partial charge in [-0.1, -0.05) is 63.4 Å². The lowest BCUT2D eigenvalue weighted by molar-refractivity contribution is -0.138. The summed E-state index contributed by atoms with van der Waals surface area (Å²) in [5.41, 5.74) is 1.58. The number of hydrogen-bond donors (Lipinski definition) is 1. The Morgan fingerprint density at radius 1 is 1.15 bits per heavy atom. The van der Waals surface area contributed by atoms with Crippen LogP contribution in [0.15, 0.2) is 46.9 Å². The highest BCUT2D eigenvalue weighted by molar-refractivity contribution is 9.10. The lowest BCUT2D eigenvalue weighted by Gasteiger charge is -2.15. The lowest BCUT2D eigenvalue weighted by atomic mass is 9.92. The van der Waals surface area contributed by atoms with Crippen molar-refractivity contribution in [3.8, 4) is 0 Å². The highest BCUT2D eigenvalue weighted by Crippen LogP contribution is 2.30. The SMILES string of the molecule is O=C(O)C(Cc1ccc(Cl)c(Cl)c1)c1ccccc1Br. The van der Waals surface area contributed by atoms with Crippen LogP contribution in [0.2, 0.25) is 10.0 Å². The predicted molar refractivity (Wildman–Crippen MR) is 84.7 cm³/mol. The van der Waals surface area contributed by atoms with Gasteiger partial charge in [-0.05, 0) is 35.7 Å². The maximum atomic E-state index is 11.5. The third-order valence-electron chi connectivity index (χ3n) is 3.00. The van der Waals surface area contributed by atoms with Crippen LogP contribution in [0.4, 0.5) is 0 Å². The van der Waals surface area contributed by atoms with Gasteiger partial charge < -0.3 is 5.11 Å². The van der Waals surface area contributed by atoms with Crippen LogP contribution in [-0.2, 0) is 11.2 Å². The molecule has 5 heteroatoms. The van der Waals surface area contributed by atoms with Gasteiger partial charge in [0, 0.05) is 4.47 Å². The van der Waals surface area contributed by atoms with Gasteiger partial charge in [-0.3, -0.25) is 4.79 Å². The molecule has 0 radical (unpaired) electrons. The Hall–Kier alpha value is -1.03. The van der Waals surface area contributed by atoms with E-state index in [4.69, 9.17) is 23.2 Å². The van der Waals surface area contributed by atoms with E-state index >= 15 is 0 Å². The zero-order valence-electron chi connectivity index (χ0n) is 10.3. The van der Waals surface area contributed by atoms with Gasteiger partial charge >= 0.3 is 5.97 Å². The molecule has 2 rings (SSSR count). The second-order valence-electron chi connectivity index (χ2n) is 4.36. The van der Waals surface area contributed by atoms with E-state index in [0.717, 1.165) is 15.6 Å². The van der Waals surface area contributed by atoms with E-state index in [1.807, 2.05) is 18.2 Å². The number of carbonyl (C=O) groups is 1. The molecule has 0 aliphatic carbocycles. The smallest absolute Gasteiger partial charge is 0.311 e. The molecule has 20 heavy (non-hydrogen) atoms. The van der Waals surface area contributed by atoms with Crippen LogP contribution >= 0.6 is 39.1 Å². The molecule has 0 heterocycles. The Labute approximate surface area is 135 Å². The molecule has 1 atom stereocenters. The second-order valence-corrected chi connectivity index (χ2v) is 6.03. The largest absolute Gasteiger partial charge is 0.481 e. The molecular weight excluding hydrogens is 363 g/mol. The van der Waals surface area contributed by atoms with Crippen LogP contribution in [0.1, 0.15) is 17.0 Å². The van der Waals surface area contributed by atoms with E-state index in [-0.39, 0.29) is 0 Å². The van der Waals surface area contributed by atoms with E-state index in [1.165, 1.54) is 0 Å². The van der Waals surface area contributed by atoms with Crippen molar-refractivity contribution in [2.75, 3.05) is 0 Å². The zero-order valence-corrected chi connectivity index (χ0v) is 13.4. The molecule has 0 aliphatic heterocycles. The highest BCUT2D eigenvalue weighted by atomic mass is 79.9. The van der Waals surface area contributed by atoms with Crippen molar-refractivity contribution >= 4 is 45.1 Å². The van der Waals surface area contributed by atoms with Gasteiger partial charge in [-0.2, -0.15) is 0 Å². The number of carboxylic acids is 1. The van der Waals surface area contributed by atoms with Crippen LogP contribution < -0.4 is 0 Å². The van der Waals surface area contributed by atoms with Crippen molar-refractivity contribution < 1.29 is 9.90 Å². The van der Waals surface area contributed by atoms with E-state index in [2.05, 4.69) is 15.9 Å². The molecule has 0 spiro atoms. The van der Waals surface area contributed by atoms with Gasteiger partial charge in [0.2, 0.25) is 0 Å². The summed E-state index contributed by atoms with van der Waals surface area (Å²) in [7, 11) is 0. The van der Waals surface area contributed by atoms with Crippen molar-refractivity contribution in [3.63, 3.8) is 0 Å². The van der Waals surface area contributed by atoms with Crippen LogP contribution in [0.3, 0.4) is 0 Å². The summed E-state index contributed by atoms with van der Waals surface area (Å²) in [4.78, 5) is 11.5. The first-order valence-corrected chi connectivity index (χ1v) is 7.45. The summed E-state index contributed by atoms with van der Waals surface area (Å²) in [5, 5.41) is 10.3. The molecule has 2 aromatic rings. The average Bonchev–Trinajstić information content (AvgIpc) is 2.41. The lowest BCUT2D eigenvalue weighted by Crippen LogP contribution is -2.15. The molecular formula is C15H11BrCl2O2. The van der Waals surface area contributed by atoms with Crippen LogP contribution in [0, 0.1) is 0 Å². The predicted octanol–water partition coefficient (Wildman–Crippen LogP) is 5.17. The monoisotopic (exact) mass is 372 g/mol. The number of carboxylic acid groups (broad SMARTS) is 1. The third kappa shape index (κ3) is 3.54. The number of benzene rings is 2. The molecule has 0 fully saturated rings. The summed E-state index contributed by atoms with van der Waals surface area (Å²) >= 11 is 15.2. The van der Waals surface area contributed by atoms with Crippen molar-refractivity contribution in [2.24, 2.45) is 0 Å². The maximum absolute atomic E-state index is 11.5. The van der Waals surface area contributed by atoms with Gasteiger partial charge in [-0.25, -0.2) is 0 Å². The number of halogens is 3. The van der Waals surface area contributed by atoms with E-state index in [0.29, 0.717) is 16.5 Å². The van der Waals surface area contributed by atoms with Crippen molar-refractivity contribution in [1.29, 1.82) is 0 Å². The van der Waals surface area contributed by atoms with Gasteiger partial charge in [0.25, 0.3) is 0 Å². The topological polar surface area (TPSA) is 37.3 Å². The molecule has 1 unspecified atom stereocenters. The first-order chi connectivity index (χ1) is 9.49. The van der Waals surface area contributed by atoms with Crippen LogP contribution in [-0.4, -0.2) is 11.1 Å². The summed E-state index contributed by atoms with van der Waals surface area (Å²) in [6, 6.07) is 12.5. The summed E-state index contributed by atoms with van der Waals surface area (Å²) < 4.78 is 0.785. The summed E-state index contributed by atoms with van der Waals surface area (Å²) in [6.45, 7) is 0. The number of rotatable bonds is 4. The molecule has 2 nitrogen and oxygen atoms in total. The van der Waals surface area contributed by atoms with Gasteiger partial charge in [-0.15, -0.1) is 0 Å². The highest BCUT2D eigenvalue weighted by Gasteiger charge is 2.22. The molecule has 0 aliphatic rings. The quantitative estimate of drug-likeness (QED) is 0.802. The summed E-state index contributed by atoms with van der Waals surface area (Å²) in [6.07, 6.45) is 0.356. The van der Waals surface area contributed by atoms with Crippen molar-refractivity contribution in [1.82, 2.24) is 0 Å². The van der Waals surface area contributed by atoms with Gasteiger partial charge in [0.15, 0.2) is 0 Å². The normalized spacial score (nSPS) is 12.2. The first-order valence-electron chi connectivity index (χ1n) is 5.90.